The van der Waals surface area contributed by atoms with Gasteiger partial charge >= 0.3 is 12.1 Å². The van der Waals surface area contributed by atoms with E-state index in [1.807, 2.05) is 44.2 Å². The van der Waals surface area contributed by atoms with Crippen LogP contribution in [0.25, 0.3) is 0 Å². The minimum absolute atomic E-state index is 0.0506. The third kappa shape index (κ3) is 11.4. The summed E-state index contributed by atoms with van der Waals surface area (Å²) >= 11 is 0. The third-order valence-corrected chi connectivity index (χ3v) is 4.43. The average Bonchev–Trinajstić information content (AvgIpc) is 2.69. The van der Waals surface area contributed by atoms with Crippen LogP contribution in [0.2, 0.25) is 0 Å². The summed E-state index contributed by atoms with van der Waals surface area (Å²) < 4.78 is 10.6. The predicted octanol–water partition coefficient (Wildman–Crippen LogP) is 2.89. The first-order chi connectivity index (χ1) is 14.5. The summed E-state index contributed by atoms with van der Waals surface area (Å²) in [5, 5.41) is 5.39. The second kappa shape index (κ2) is 12.9. The molecule has 0 unspecified atom stereocenters. The Labute approximate surface area is 185 Å². The molecule has 2 amide bonds. The van der Waals surface area contributed by atoms with Crippen molar-refractivity contribution >= 4 is 18.0 Å². The van der Waals surface area contributed by atoms with Crippen molar-refractivity contribution in [1.29, 1.82) is 0 Å². The van der Waals surface area contributed by atoms with E-state index in [1.165, 1.54) is 0 Å². The molecule has 8 nitrogen and oxygen atoms in total. The van der Waals surface area contributed by atoms with Crippen LogP contribution in [0.3, 0.4) is 0 Å². The van der Waals surface area contributed by atoms with Crippen molar-refractivity contribution in [3.05, 3.63) is 35.9 Å². The van der Waals surface area contributed by atoms with Crippen LogP contribution >= 0.6 is 0 Å². The maximum atomic E-state index is 12.5. The van der Waals surface area contributed by atoms with E-state index in [0.29, 0.717) is 25.8 Å². The maximum absolute atomic E-state index is 12.5. The lowest BCUT2D eigenvalue weighted by Gasteiger charge is -2.26. The van der Waals surface area contributed by atoms with Crippen LogP contribution in [0.4, 0.5) is 4.79 Å². The lowest BCUT2D eigenvalue weighted by atomic mass is 10.0. The summed E-state index contributed by atoms with van der Waals surface area (Å²) in [6, 6.07) is 7.92. The highest BCUT2D eigenvalue weighted by Gasteiger charge is 2.28. The fourth-order valence-electron chi connectivity index (χ4n) is 2.63. The molecule has 1 rings (SSSR count). The summed E-state index contributed by atoms with van der Waals surface area (Å²) in [5.41, 5.74) is 6.14. The molecule has 31 heavy (non-hydrogen) atoms. The van der Waals surface area contributed by atoms with E-state index in [1.54, 1.807) is 20.8 Å². The molecule has 0 aliphatic carbocycles. The van der Waals surface area contributed by atoms with Gasteiger partial charge in [-0.15, -0.1) is 0 Å². The Balaban J connectivity index is 2.43. The van der Waals surface area contributed by atoms with E-state index in [-0.39, 0.29) is 18.4 Å². The Morgan fingerprint density at radius 3 is 2.29 bits per heavy atom. The van der Waals surface area contributed by atoms with Gasteiger partial charge in [0.1, 0.15) is 18.2 Å². The number of unbranched alkanes of at least 4 members (excludes halogenated alkanes) is 1. The molecule has 0 saturated heterocycles. The molecule has 1 aromatic carbocycles. The number of hydrogen-bond acceptors (Lipinski definition) is 6. The van der Waals surface area contributed by atoms with Crippen LogP contribution in [0.15, 0.2) is 30.3 Å². The molecular weight excluding hydrogens is 398 g/mol. The molecule has 0 saturated carbocycles. The third-order valence-electron chi connectivity index (χ3n) is 4.43. The minimum atomic E-state index is -0.790. The van der Waals surface area contributed by atoms with Gasteiger partial charge in [-0.3, -0.25) is 4.79 Å². The van der Waals surface area contributed by atoms with Gasteiger partial charge in [-0.25, -0.2) is 9.59 Å². The number of benzene rings is 1. The maximum Gasteiger partial charge on any atom is 0.407 e. The fraction of sp³-hybridized carbons (Fsp3) is 0.609. The number of carbonyl (C=O) groups excluding carboxylic acids is 3. The van der Waals surface area contributed by atoms with E-state index >= 15 is 0 Å². The highest BCUT2D eigenvalue weighted by molar-refractivity contribution is 5.87. The summed E-state index contributed by atoms with van der Waals surface area (Å²) in [7, 11) is 0. The standard InChI is InChI=1S/C23H37N3O5/c1-16(2)19(24)20(27)26-18(21(28)31-23(3,4)5)13-9-10-14-25-22(29)30-15-17-11-7-6-8-12-17/h6-8,11-12,16,18-19H,9-10,13-15,24H2,1-5H3,(H,25,29)(H,26,27)/t18-,19-/m0/s1. The summed E-state index contributed by atoms with van der Waals surface area (Å²) in [6.45, 7) is 9.60. The van der Waals surface area contributed by atoms with Gasteiger partial charge in [0.05, 0.1) is 6.04 Å². The summed E-state index contributed by atoms with van der Waals surface area (Å²) in [4.78, 5) is 36.6. The van der Waals surface area contributed by atoms with Crippen molar-refractivity contribution in [3.8, 4) is 0 Å². The highest BCUT2D eigenvalue weighted by Crippen LogP contribution is 2.12. The molecule has 174 valence electrons. The van der Waals surface area contributed by atoms with Gasteiger partial charge in [-0.2, -0.15) is 0 Å². The Kier molecular flexibility index (Phi) is 11.0. The monoisotopic (exact) mass is 435 g/mol. The van der Waals surface area contributed by atoms with Crippen LogP contribution in [0, 0.1) is 5.92 Å². The molecule has 0 aromatic heterocycles. The number of ether oxygens (including phenoxy) is 2. The first-order valence-corrected chi connectivity index (χ1v) is 10.7. The lowest BCUT2D eigenvalue weighted by molar-refractivity contribution is -0.159. The van der Waals surface area contributed by atoms with Gasteiger partial charge in [0, 0.05) is 6.54 Å². The van der Waals surface area contributed by atoms with E-state index in [2.05, 4.69) is 10.6 Å². The van der Waals surface area contributed by atoms with Crippen molar-refractivity contribution in [2.45, 2.75) is 78.2 Å². The number of nitrogens with one attached hydrogen (secondary N) is 2. The average molecular weight is 436 g/mol. The zero-order chi connectivity index (χ0) is 23.4. The van der Waals surface area contributed by atoms with Crippen LogP contribution in [0.5, 0.6) is 0 Å². The quantitative estimate of drug-likeness (QED) is 0.363. The zero-order valence-electron chi connectivity index (χ0n) is 19.3. The SMILES string of the molecule is CC(C)[C@H](N)C(=O)N[C@@H](CCCCNC(=O)OCc1ccccc1)C(=O)OC(C)(C)C. The second-order valence-corrected chi connectivity index (χ2v) is 8.85. The molecule has 0 aliphatic heterocycles. The predicted molar refractivity (Wildman–Crippen MR) is 119 cm³/mol. The topological polar surface area (TPSA) is 120 Å². The number of hydrogen-bond donors (Lipinski definition) is 3. The Morgan fingerprint density at radius 1 is 1.06 bits per heavy atom. The second-order valence-electron chi connectivity index (χ2n) is 8.85. The molecule has 0 radical (unpaired) electrons. The van der Waals surface area contributed by atoms with Gasteiger partial charge < -0.3 is 25.8 Å². The van der Waals surface area contributed by atoms with Crippen molar-refractivity contribution < 1.29 is 23.9 Å². The molecule has 0 aliphatic rings. The smallest absolute Gasteiger partial charge is 0.407 e. The molecule has 0 heterocycles. The van der Waals surface area contributed by atoms with Crippen LogP contribution in [0.1, 0.15) is 59.4 Å². The molecule has 4 N–H and O–H groups in total. The normalized spacial score (nSPS) is 13.3. The highest BCUT2D eigenvalue weighted by atomic mass is 16.6. The van der Waals surface area contributed by atoms with Crippen molar-refractivity contribution in [3.63, 3.8) is 0 Å². The summed E-state index contributed by atoms with van der Waals surface area (Å²) in [5.74, 6) is -0.925. The molecule has 2 atom stereocenters. The largest absolute Gasteiger partial charge is 0.458 e. The molecule has 0 spiro atoms. The van der Waals surface area contributed by atoms with E-state index < -0.39 is 29.7 Å². The Hall–Kier alpha value is -2.61. The number of nitrogens with two attached hydrogens (primary N) is 1. The fourth-order valence-corrected chi connectivity index (χ4v) is 2.63. The zero-order valence-corrected chi connectivity index (χ0v) is 19.3. The van der Waals surface area contributed by atoms with Crippen molar-refractivity contribution in [1.82, 2.24) is 10.6 Å². The molecule has 0 bridgehead atoms. The molecule has 8 heteroatoms. The number of rotatable bonds is 11. The van der Waals surface area contributed by atoms with Crippen LogP contribution < -0.4 is 16.4 Å². The number of carbonyl (C=O) groups is 3. The summed E-state index contributed by atoms with van der Waals surface area (Å²) in [6.07, 6.45) is 1.10. The van der Waals surface area contributed by atoms with Crippen LogP contribution in [-0.2, 0) is 25.7 Å². The number of amides is 2. The van der Waals surface area contributed by atoms with Gasteiger partial charge in [0.2, 0.25) is 5.91 Å². The van der Waals surface area contributed by atoms with Gasteiger partial charge in [-0.05, 0) is 51.5 Å². The van der Waals surface area contributed by atoms with E-state index in [0.717, 1.165) is 5.56 Å². The Bertz CT molecular complexity index is 701. The number of alkyl carbamates (subject to hydrolysis) is 1. The first-order valence-electron chi connectivity index (χ1n) is 10.7. The van der Waals surface area contributed by atoms with Crippen molar-refractivity contribution in [2.24, 2.45) is 11.7 Å². The number of esters is 1. The minimum Gasteiger partial charge on any atom is -0.458 e. The van der Waals surface area contributed by atoms with Gasteiger partial charge in [0.15, 0.2) is 0 Å². The Morgan fingerprint density at radius 2 is 1.71 bits per heavy atom. The van der Waals surface area contributed by atoms with Crippen molar-refractivity contribution in [2.75, 3.05) is 6.54 Å². The van der Waals surface area contributed by atoms with Gasteiger partial charge in [-0.1, -0.05) is 44.2 Å². The van der Waals surface area contributed by atoms with Crippen LogP contribution in [-0.4, -0.2) is 42.2 Å². The molecular formula is C23H37N3O5. The lowest BCUT2D eigenvalue weighted by Crippen LogP contribution is -2.51. The first kappa shape index (κ1) is 26.4. The molecule has 0 fully saturated rings. The van der Waals surface area contributed by atoms with E-state index in [9.17, 15) is 14.4 Å². The van der Waals surface area contributed by atoms with Gasteiger partial charge in [0.25, 0.3) is 0 Å². The molecule has 1 aromatic rings. The van der Waals surface area contributed by atoms with E-state index in [4.69, 9.17) is 15.2 Å².